The molecule has 0 aliphatic heterocycles. The minimum absolute atomic E-state index is 0.768. The van der Waals surface area contributed by atoms with Gasteiger partial charge in [-0.3, -0.25) is 5.10 Å². The largest absolute Gasteiger partial charge is 0.296 e. The van der Waals surface area contributed by atoms with E-state index < -0.39 is 0 Å². The van der Waals surface area contributed by atoms with E-state index in [0.29, 0.717) is 0 Å². The fraction of sp³-hybridized carbons (Fsp3) is 0.273. The van der Waals surface area contributed by atoms with Crippen LogP contribution in [0, 0.1) is 11.6 Å². The van der Waals surface area contributed by atoms with Crippen LogP contribution in [-0.4, -0.2) is 14.8 Å². The third-order valence-corrected chi connectivity index (χ3v) is 2.58. The molecule has 0 bridgehead atoms. The van der Waals surface area contributed by atoms with Crippen molar-refractivity contribution in [1.29, 1.82) is 0 Å². The van der Waals surface area contributed by atoms with Crippen LogP contribution >= 0.6 is 12.2 Å². The van der Waals surface area contributed by atoms with E-state index >= 15 is 0 Å². The molecule has 0 radical (unpaired) electrons. The van der Waals surface area contributed by atoms with Crippen molar-refractivity contribution in [2.45, 2.75) is 20.3 Å². The molecular formula is C11H13N3S. The number of pyridine rings is 1. The van der Waals surface area contributed by atoms with Crippen LogP contribution in [0.25, 0.3) is 5.82 Å². The summed E-state index contributed by atoms with van der Waals surface area (Å²) in [4.78, 5) is 4.28. The molecule has 0 amide bonds. The van der Waals surface area contributed by atoms with Gasteiger partial charge in [0.25, 0.3) is 0 Å². The average Bonchev–Trinajstić information content (AvgIpc) is 2.60. The zero-order valence-electron chi connectivity index (χ0n) is 8.82. The Bertz CT molecular complexity index is 525. The van der Waals surface area contributed by atoms with Gasteiger partial charge in [0.1, 0.15) is 4.64 Å². The van der Waals surface area contributed by atoms with Crippen LogP contribution in [0.4, 0.5) is 0 Å². The summed E-state index contributed by atoms with van der Waals surface area (Å²) in [6.07, 6.45) is 2.74. The molecule has 2 aromatic heterocycles. The van der Waals surface area contributed by atoms with Gasteiger partial charge in [-0.1, -0.05) is 19.1 Å². The summed E-state index contributed by atoms with van der Waals surface area (Å²) in [6, 6.07) is 5.95. The fourth-order valence-corrected chi connectivity index (χ4v) is 1.72. The lowest BCUT2D eigenvalue weighted by molar-refractivity contribution is 0.807. The molecule has 0 unspecified atom stereocenters. The van der Waals surface area contributed by atoms with Crippen LogP contribution in [0.15, 0.2) is 24.4 Å². The summed E-state index contributed by atoms with van der Waals surface area (Å²) in [6.45, 7) is 4.13. The molecule has 0 aliphatic rings. The summed E-state index contributed by atoms with van der Waals surface area (Å²) in [5, 5.41) is 3.22. The highest BCUT2D eigenvalue weighted by atomic mass is 32.1. The van der Waals surface area contributed by atoms with Gasteiger partial charge < -0.3 is 0 Å². The Kier molecular flexibility index (Phi) is 2.68. The average molecular weight is 219 g/mol. The quantitative estimate of drug-likeness (QED) is 0.788. The van der Waals surface area contributed by atoms with Gasteiger partial charge in [0, 0.05) is 11.9 Å². The van der Waals surface area contributed by atoms with Crippen LogP contribution in [0.5, 0.6) is 0 Å². The van der Waals surface area contributed by atoms with Crippen molar-refractivity contribution in [2.24, 2.45) is 0 Å². The van der Waals surface area contributed by atoms with Crippen molar-refractivity contribution in [3.05, 3.63) is 40.3 Å². The highest BCUT2D eigenvalue weighted by molar-refractivity contribution is 7.71. The van der Waals surface area contributed by atoms with Crippen molar-refractivity contribution in [3.63, 3.8) is 0 Å². The Morgan fingerprint density at radius 1 is 1.47 bits per heavy atom. The lowest BCUT2D eigenvalue weighted by Crippen LogP contribution is -2.00. The number of hydrogen-bond acceptors (Lipinski definition) is 2. The molecule has 2 heterocycles. The second-order valence-corrected chi connectivity index (χ2v) is 3.92. The van der Waals surface area contributed by atoms with Gasteiger partial charge in [-0.2, -0.15) is 0 Å². The summed E-state index contributed by atoms with van der Waals surface area (Å²) >= 11 is 5.26. The number of aromatic nitrogens is 3. The predicted molar refractivity (Wildman–Crippen MR) is 62.9 cm³/mol. The molecular weight excluding hydrogens is 206 g/mol. The number of H-pyrrole nitrogens is 1. The first-order valence-corrected chi connectivity index (χ1v) is 5.35. The van der Waals surface area contributed by atoms with Crippen LogP contribution < -0.4 is 0 Å². The van der Waals surface area contributed by atoms with Crippen LogP contribution in [0.2, 0.25) is 0 Å². The van der Waals surface area contributed by atoms with Gasteiger partial charge in [-0.15, -0.1) is 0 Å². The monoisotopic (exact) mass is 219 g/mol. The number of hydrogen-bond donors (Lipinski definition) is 1. The Hall–Kier alpha value is -1.42. The Balaban J connectivity index is 2.54. The van der Waals surface area contributed by atoms with Crippen LogP contribution in [0.1, 0.15) is 18.2 Å². The molecule has 0 saturated carbocycles. The molecule has 1 N–H and O–H groups in total. The standard InChI is InChI=1S/C11H13N3S/c1-3-9-7-11(15)14(13-9)10-6-8(2)4-5-12-10/h4-7,13H,3H2,1-2H3. The highest BCUT2D eigenvalue weighted by Crippen LogP contribution is 2.08. The van der Waals surface area contributed by atoms with Gasteiger partial charge in [0.2, 0.25) is 0 Å². The third-order valence-electron chi connectivity index (χ3n) is 2.28. The van der Waals surface area contributed by atoms with E-state index in [1.165, 1.54) is 5.56 Å². The Labute approximate surface area is 93.8 Å². The topological polar surface area (TPSA) is 33.6 Å². The van der Waals surface area contributed by atoms with Gasteiger partial charge >= 0.3 is 0 Å². The molecule has 0 spiro atoms. The Morgan fingerprint density at radius 2 is 2.27 bits per heavy atom. The molecule has 3 nitrogen and oxygen atoms in total. The van der Waals surface area contributed by atoms with Crippen LogP contribution in [0.3, 0.4) is 0 Å². The lowest BCUT2D eigenvalue weighted by Gasteiger charge is -2.02. The zero-order chi connectivity index (χ0) is 10.8. The van der Waals surface area contributed by atoms with Crippen molar-refractivity contribution >= 4 is 12.2 Å². The highest BCUT2D eigenvalue weighted by Gasteiger charge is 2.02. The zero-order valence-corrected chi connectivity index (χ0v) is 9.64. The minimum atomic E-state index is 0.768. The molecule has 4 heteroatoms. The summed E-state index contributed by atoms with van der Waals surface area (Å²) < 4.78 is 2.60. The number of aromatic amines is 1. The predicted octanol–water partition coefficient (Wildman–Crippen LogP) is 2.80. The maximum absolute atomic E-state index is 5.26. The van der Waals surface area contributed by atoms with E-state index in [-0.39, 0.29) is 0 Å². The number of nitrogens with one attached hydrogen (secondary N) is 1. The SMILES string of the molecule is CCc1cc(=S)n(-c2cc(C)ccn2)[nH]1. The van der Waals surface area contributed by atoms with Gasteiger partial charge in [0.15, 0.2) is 5.82 Å². The molecule has 2 aromatic rings. The summed E-state index contributed by atoms with van der Waals surface area (Å²) in [7, 11) is 0. The second-order valence-electron chi connectivity index (χ2n) is 3.50. The maximum Gasteiger partial charge on any atom is 0.152 e. The van der Waals surface area contributed by atoms with Crippen molar-refractivity contribution in [1.82, 2.24) is 14.8 Å². The molecule has 2 rings (SSSR count). The van der Waals surface area contributed by atoms with Gasteiger partial charge in [-0.25, -0.2) is 9.67 Å². The lowest BCUT2D eigenvalue weighted by atomic mass is 10.3. The van der Waals surface area contributed by atoms with Crippen molar-refractivity contribution in [2.75, 3.05) is 0 Å². The van der Waals surface area contributed by atoms with Crippen molar-refractivity contribution < 1.29 is 0 Å². The van der Waals surface area contributed by atoms with Crippen molar-refractivity contribution in [3.8, 4) is 5.82 Å². The molecule has 78 valence electrons. The molecule has 15 heavy (non-hydrogen) atoms. The second kappa shape index (κ2) is 3.98. The summed E-state index contributed by atoms with van der Waals surface area (Å²) in [5.74, 6) is 0.847. The van der Waals surface area contributed by atoms with E-state index in [4.69, 9.17) is 12.2 Å². The van der Waals surface area contributed by atoms with E-state index in [9.17, 15) is 0 Å². The van der Waals surface area contributed by atoms with Crippen LogP contribution in [-0.2, 0) is 6.42 Å². The maximum atomic E-state index is 5.26. The van der Waals surface area contributed by atoms with E-state index in [1.54, 1.807) is 6.20 Å². The number of rotatable bonds is 2. The molecule has 0 atom stereocenters. The summed E-state index contributed by atoms with van der Waals surface area (Å²) in [5.41, 5.74) is 2.30. The van der Waals surface area contributed by atoms with Gasteiger partial charge in [-0.05, 0) is 37.1 Å². The molecule has 0 aliphatic carbocycles. The fourth-order valence-electron chi connectivity index (χ4n) is 1.44. The van der Waals surface area contributed by atoms with E-state index in [1.807, 2.05) is 29.8 Å². The number of nitrogens with zero attached hydrogens (tertiary/aromatic N) is 2. The Morgan fingerprint density at radius 3 is 2.87 bits per heavy atom. The minimum Gasteiger partial charge on any atom is -0.296 e. The van der Waals surface area contributed by atoms with E-state index in [2.05, 4.69) is 17.0 Å². The molecule has 0 fully saturated rings. The molecule has 0 aromatic carbocycles. The first-order valence-electron chi connectivity index (χ1n) is 4.94. The molecule has 0 saturated heterocycles. The van der Waals surface area contributed by atoms with E-state index in [0.717, 1.165) is 22.6 Å². The number of aryl methyl sites for hydroxylation is 2. The third kappa shape index (κ3) is 1.99. The first-order chi connectivity index (χ1) is 7.20. The normalized spacial score (nSPS) is 10.5. The van der Waals surface area contributed by atoms with Gasteiger partial charge in [0.05, 0.1) is 0 Å². The smallest absolute Gasteiger partial charge is 0.152 e. The first kappa shape index (κ1) is 10.1.